The van der Waals surface area contributed by atoms with Crippen LogP contribution >= 0.6 is 0 Å². The fourth-order valence-corrected chi connectivity index (χ4v) is 6.01. The Morgan fingerprint density at radius 1 is 1.18 bits per heavy atom. The van der Waals surface area contributed by atoms with E-state index < -0.39 is 9.84 Å². The third kappa shape index (κ3) is 4.87. The number of anilines is 1. The maximum absolute atomic E-state index is 12.9. The molecule has 1 aromatic carbocycles. The van der Waals surface area contributed by atoms with Gasteiger partial charge in [-0.25, -0.2) is 8.42 Å². The maximum Gasteiger partial charge on any atom is 0.237 e. The van der Waals surface area contributed by atoms with E-state index in [1.165, 1.54) is 16.8 Å². The quantitative estimate of drug-likeness (QED) is 0.720. The second-order valence-corrected chi connectivity index (χ2v) is 10.4. The molecule has 2 aliphatic heterocycles. The maximum atomic E-state index is 12.9. The van der Waals surface area contributed by atoms with Crippen LogP contribution in [-0.4, -0.2) is 80.9 Å². The minimum atomic E-state index is -2.99. The average Bonchev–Trinajstić information content (AvgIpc) is 3.02. The molecule has 2 heterocycles. The SMILES string of the molecule is CCCN(C(=O)CN1CCN(c2cccc(C)c2C)CC1)C1CCS(=O)(=O)C1. The number of rotatable bonds is 6. The molecule has 0 bridgehead atoms. The summed E-state index contributed by atoms with van der Waals surface area (Å²) in [5.41, 5.74) is 3.91. The summed E-state index contributed by atoms with van der Waals surface area (Å²) in [6.07, 6.45) is 1.43. The lowest BCUT2D eigenvalue weighted by Crippen LogP contribution is -2.52. The largest absolute Gasteiger partial charge is 0.369 e. The van der Waals surface area contributed by atoms with Gasteiger partial charge in [-0.1, -0.05) is 19.1 Å². The zero-order chi connectivity index (χ0) is 20.3. The number of amides is 1. The van der Waals surface area contributed by atoms with Gasteiger partial charge in [-0.3, -0.25) is 9.69 Å². The van der Waals surface area contributed by atoms with Crippen molar-refractivity contribution in [1.82, 2.24) is 9.80 Å². The van der Waals surface area contributed by atoms with Gasteiger partial charge in [-0.2, -0.15) is 0 Å². The summed E-state index contributed by atoms with van der Waals surface area (Å²) in [7, 11) is -2.99. The van der Waals surface area contributed by atoms with E-state index in [0.717, 1.165) is 32.6 Å². The zero-order valence-electron chi connectivity index (χ0n) is 17.4. The highest BCUT2D eigenvalue weighted by Gasteiger charge is 2.34. The zero-order valence-corrected chi connectivity index (χ0v) is 18.2. The molecule has 0 aromatic heterocycles. The third-order valence-corrected chi connectivity index (χ3v) is 7.83. The molecular formula is C21H33N3O3S. The van der Waals surface area contributed by atoms with Crippen molar-refractivity contribution in [1.29, 1.82) is 0 Å². The summed E-state index contributed by atoms with van der Waals surface area (Å²) >= 11 is 0. The molecule has 0 saturated carbocycles. The van der Waals surface area contributed by atoms with Crippen molar-refractivity contribution in [3.63, 3.8) is 0 Å². The van der Waals surface area contributed by atoms with Gasteiger partial charge in [0.25, 0.3) is 0 Å². The lowest BCUT2D eigenvalue weighted by molar-refractivity contribution is -0.134. The fraction of sp³-hybridized carbons (Fsp3) is 0.667. The van der Waals surface area contributed by atoms with E-state index in [2.05, 4.69) is 41.8 Å². The normalized spacial score (nSPS) is 22.4. The number of carbonyl (C=O) groups excluding carboxylic acids is 1. The number of hydrogen-bond donors (Lipinski definition) is 0. The molecule has 0 spiro atoms. The van der Waals surface area contributed by atoms with Crippen LogP contribution in [0.1, 0.15) is 30.9 Å². The predicted octanol–water partition coefficient (Wildman–Crippen LogP) is 1.85. The third-order valence-electron chi connectivity index (χ3n) is 6.08. The topological polar surface area (TPSA) is 60.9 Å². The predicted molar refractivity (Wildman–Crippen MR) is 114 cm³/mol. The number of hydrogen-bond acceptors (Lipinski definition) is 5. The summed E-state index contributed by atoms with van der Waals surface area (Å²) in [6.45, 7) is 10.9. The van der Waals surface area contributed by atoms with E-state index in [4.69, 9.17) is 0 Å². The van der Waals surface area contributed by atoms with Gasteiger partial charge in [0, 0.05) is 44.5 Å². The molecule has 1 unspecified atom stereocenters. The van der Waals surface area contributed by atoms with Crippen molar-refractivity contribution in [3.8, 4) is 0 Å². The molecule has 0 aliphatic carbocycles. The van der Waals surface area contributed by atoms with Gasteiger partial charge in [0.15, 0.2) is 9.84 Å². The van der Waals surface area contributed by atoms with Crippen LogP contribution in [0.5, 0.6) is 0 Å². The number of nitrogens with zero attached hydrogens (tertiary/aromatic N) is 3. The van der Waals surface area contributed by atoms with Gasteiger partial charge in [-0.15, -0.1) is 0 Å². The number of carbonyl (C=O) groups is 1. The standard InChI is InChI=1S/C21H33N3O3S/c1-4-9-24(19-8-14-28(26,27)16-19)21(25)15-22-10-12-23(13-11-22)20-7-5-6-17(2)18(20)3/h5-7,19H,4,8-16H2,1-3H3. The van der Waals surface area contributed by atoms with E-state index in [0.29, 0.717) is 19.5 Å². The number of piperazine rings is 1. The summed E-state index contributed by atoms with van der Waals surface area (Å²) in [5, 5.41) is 0. The minimum absolute atomic E-state index is 0.0733. The lowest BCUT2D eigenvalue weighted by Gasteiger charge is -2.38. The molecule has 3 rings (SSSR count). The number of aryl methyl sites for hydroxylation is 1. The van der Waals surface area contributed by atoms with E-state index >= 15 is 0 Å². The molecule has 0 N–H and O–H groups in total. The van der Waals surface area contributed by atoms with Gasteiger partial charge in [0.1, 0.15) is 0 Å². The first-order valence-electron chi connectivity index (χ1n) is 10.3. The Kier molecular flexibility index (Phi) is 6.65. The van der Waals surface area contributed by atoms with E-state index in [1.807, 2.05) is 11.8 Å². The minimum Gasteiger partial charge on any atom is -0.369 e. The van der Waals surface area contributed by atoms with Gasteiger partial charge in [0.2, 0.25) is 5.91 Å². The molecule has 7 heteroatoms. The molecule has 2 fully saturated rings. The Labute approximate surface area is 169 Å². The second-order valence-electron chi connectivity index (χ2n) is 8.13. The van der Waals surface area contributed by atoms with Gasteiger partial charge >= 0.3 is 0 Å². The Morgan fingerprint density at radius 2 is 1.89 bits per heavy atom. The Bertz CT molecular complexity index is 801. The van der Waals surface area contributed by atoms with Gasteiger partial charge in [0.05, 0.1) is 18.1 Å². The Hall–Kier alpha value is -1.60. The number of sulfone groups is 1. The van der Waals surface area contributed by atoms with E-state index in [1.54, 1.807) is 0 Å². The van der Waals surface area contributed by atoms with Crippen molar-refractivity contribution in [3.05, 3.63) is 29.3 Å². The fourth-order valence-electron chi connectivity index (χ4n) is 4.28. The molecule has 1 aromatic rings. The summed E-state index contributed by atoms with van der Waals surface area (Å²) in [5.74, 6) is 0.405. The van der Waals surface area contributed by atoms with Gasteiger partial charge in [-0.05, 0) is 43.9 Å². The summed E-state index contributed by atoms with van der Waals surface area (Å²) < 4.78 is 23.7. The molecule has 6 nitrogen and oxygen atoms in total. The highest BCUT2D eigenvalue weighted by atomic mass is 32.2. The molecular weight excluding hydrogens is 374 g/mol. The lowest BCUT2D eigenvalue weighted by atomic mass is 10.1. The highest BCUT2D eigenvalue weighted by Crippen LogP contribution is 2.24. The van der Waals surface area contributed by atoms with Crippen molar-refractivity contribution >= 4 is 21.4 Å². The summed E-state index contributed by atoms with van der Waals surface area (Å²) in [6, 6.07) is 6.27. The smallest absolute Gasteiger partial charge is 0.237 e. The summed E-state index contributed by atoms with van der Waals surface area (Å²) in [4.78, 5) is 19.4. The van der Waals surface area contributed by atoms with Crippen LogP contribution in [0.3, 0.4) is 0 Å². The first-order valence-corrected chi connectivity index (χ1v) is 12.2. The monoisotopic (exact) mass is 407 g/mol. The second kappa shape index (κ2) is 8.82. The molecule has 0 radical (unpaired) electrons. The van der Waals surface area contributed by atoms with Crippen molar-refractivity contribution < 1.29 is 13.2 Å². The van der Waals surface area contributed by atoms with Crippen LogP contribution in [0.15, 0.2) is 18.2 Å². The Balaban J connectivity index is 1.57. The van der Waals surface area contributed by atoms with E-state index in [9.17, 15) is 13.2 Å². The Morgan fingerprint density at radius 3 is 2.50 bits per heavy atom. The van der Waals surface area contributed by atoms with Crippen LogP contribution in [0.2, 0.25) is 0 Å². The van der Waals surface area contributed by atoms with Crippen LogP contribution in [0.4, 0.5) is 5.69 Å². The molecule has 28 heavy (non-hydrogen) atoms. The first-order chi connectivity index (χ1) is 13.3. The van der Waals surface area contributed by atoms with E-state index in [-0.39, 0.29) is 23.5 Å². The molecule has 2 aliphatic rings. The van der Waals surface area contributed by atoms with Crippen LogP contribution < -0.4 is 4.90 Å². The number of benzene rings is 1. The van der Waals surface area contributed by atoms with Crippen molar-refractivity contribution in [2.45, 2.75) is 39.7 Å². The molecule has 1 atom stereocenters. The van der Waals surface area contributed by atoms with Crippen LogP contribution in [0.25, 0.3) is 0 Å². The molecule has 1 amide bonds. The van der Waals surface area contributed by atoms with Crippen molar-refractivity contribution in [2.75, 3.05) is 55.7 Å². The van der Waals surface area contributed by atoms with Gasteiger partial charge < -0.3 is 9.80 Å². The van der Waals surface area contributed by atoms with Crippen LogP contribution in [0, 0.1) is 13.8 Å². The van der Waals surface area contributed by atoms with Crippen molar-refractivity contribution in [2.24, 2.45) is 0 Å². The molecule has 156 valence electrons. The van der Waals surface area contributed by atoms with Crippen LogP contribution in [-0.2, 0) is 14.6 Å². The first kappa shape index (κ1) is 21.1. The highest BCUT2D eigenvalue weighted by molar-refractivity contribution is 7.91. The molecule has 2 saturated heterocycles. The average molecular weight is 408 g/mol.